The van der Waals surface area contributed by atoms with Crippen molar-refractivity contribution >= 4 is 28.8 Å². The van der Waals surface area contributed by atoms with E-state index in [4.69, 9.17) is 9.47 Å². The fourth-order valence-electron chi connectivity index (χ4n) is 5.01. The molecule has 0 aromatic heterocycles. The number of carbonyl (C=O) groups excluding carboxylic acids is 2. The van der Waals surface area contributed by atoms with Gasteiger partial charge in [-0.3, -0.25) is 14.5 Å². The van der Waals surface area contributed by atoms with E-state index in [1.807, 2.05) is 55.5 Å². The topological polar surface area (TPSA) is 79.3 Å². The molecule has 0 spiro atoms. The highest BCUT2D eigenvalue weighted by atomic mass is 16.6. The summed E-state index contributed by atoms with van der Waals surface area (Å²) < 4.78 is 11.3. The predicted molar refractivity (Wildman–Crippen MR) is 143 cm³/mol. The molecule has 3 aromatic rings. The molecule has 2 aliphatic rings. The molecule has 1 unspecified atom stereocenters. The molecule has 0 saturated carbocycles. The highest BCUT2D eigenvalue weighted by Crippen LogP contribution is 2.43. The molecule has 1 saturated heterocycles. The van der Waals surface area contributed by atoms with Gasteiger partial charge in [-0.2, -0.15) is 0 Å². The Morgan fingerprint density at radius 2 is 1.65 bits per heavy atom. The van der Waals surface area contributed by atoms with E-state index >= 15 is 0 Å². The molecule has 2 heterocycles. The molecule has 7 nitrogen and oxygen atoms in total. The summed E-state index contributed by atoms with van der Waals surface area (Å²) in [6.45, 7) is 8.70. The summed E-state index contributed by atoms with van der Waals surface area (Å²) >= 11 is 0. The number of rotatable bonds is 6. The Bertz CT molecular complexity index is 1370. The van der Waals surface area contributed by atoms with Crippen LogP contribution in [0.4, 0.5) is 11.4 Å². The number of fused-ring (bicyclic) bond motifs is 1. The monoisotopic (exact) mass is 498 g/mol. The number of amides is 1. The van der Waals surface area contributed by atoms with Crippen molar-refractivity contribution in [2.75, 3.05) is 36.1 Å². The number of aryl methyl sites for hydroxylation is 1. The SMILES string of the molecule is CCN(CC)c1ccc(N2C(=O)C(=O)/C(=C(\O)c3ccc4c(c3)OCCO4)C2c2cccc(C)c2)cc1. The van der Waals surface area contributed by atoms with Gasteiger partial charge in [0.15, 0.2) is 11.5 Å². The van der Waals surface area contributed by atoms with Crippen molar-refractivity contribution in [3.8, 4) is 11.5 Å². The van der Waals surface area contributed by atoms with Gasteiger partial charge in [0, 0.05) is 30.0 Å². The summed E-state index contributed by atoms with van der Waals surface area (Å²) in [5.74, 6) is -0.590. The molecule has 190 valence electrons. The van der Waals surface area contributed by atoms with Crippen molar-refractivity contribution < 1.29 is 24.2 Å². The third-order valence-corrected chi connectivity index (χ3v) is 6.87. The quantitative estimate of drug-likeness (QED) is 0.285. The van der Waals surface area contributed by atoms with Crippen LogP contribution in [0.2, 0.25) is 0 Å². The van der Waals surface area contributed by atoms with Crippen LogP contribution in [0.15, 0.2) is 72.3 Å². The number of carbonyl (C=O) groups is 2. The maximum absolute atomic E-state index is 13.5. The van der Waals surface area contributed by atoms with Gasteiger partial charge < -0.3 is 19.5 Å². The molecule has 1 amide bonds. The van der Waals surface area contributed by atoms with Gasteiger partial charge in [-0.1, -0.05) is 29.8 Å². The van der Waals surface area contributed by atoms with Crippen molar-refractivity contribution in [3.05, 3.63) is 89.0 Å². The van der Waals surface area contributed by atoms with Crippen LogP contribution in [-0.2, 0) is 9.59 Å². The molecule has 1 fully saturated rings. The Labute approximate surface area is 216 Å². The zero-order valence-electron chi connectivity index (χ0n) is 21.2. The van der Waals surface area contributed by atoms with E-state index in [0.29, 0.717) is 36.0 Å². The van der Waals surface area contributed by atoms with E-state index in [1.165, 1.54) is 4.90 Å². The summed E-state index contributed by atoms with van der Waals surface area (Å²) in [5, 5.41) is 11.4. The van der Waals surface area contributed by atoms with E-state index in [2.05, 4.69) is 18.7 Å². The van der Waals surface area contributed by atoms with Crippen LogP contribution in [0.25, 0.3) is 5.76 Å². The molecular formula is C30H30N2O5. The fourth-order valence-corrected chi connectivity index (χ4v) is 5.01. The van der Waals surface area contributed by atoms with E-state index in [0.717, 1.165) is 29.9 Å². The molecule has 0 aliphatic carbocycles. The van der Waals surface area contributed by atoms with Gasteiger partial charge in [-0.25, -0.2) is 0 Å². The van der Waals surface area contributed by atoms with Crippen molar-refractivity contribution in [2.45, 2.75) is 26.8 Å². The van der Waals surface area contributed by atoms with Crippen molar-refractivity contribution in [1.29, 1.82) is 0 Å². The Hall–Kier alpha value is -4.26. The molecule has 3 aromatic carbocycles. The lowest BCUT2D eigenvalue weighted by Crippen LogP contribution is -2.29. The van der Waals surface area contributed by atoms with Crippen molar-refractivity contribution in [3.63, 3.8) is 0 Å². The predicted octanol–water partition coefficient (Wildman–Crippen LogP) is 5.24. The number of aliphatic hydroxyl groups excluding tert-OH is 1. The summed E-state index contributed by atoms with van der Waals surface area (Å²) in [6, 6.07) is 19.5. The normalized spacial score (nSPS) is 18.2. The van der Waals surface area contributed by atoms with Crippen LogP contribution < -0.4 is 19.3 Å². The van der Waals surface area contributed by atoms with Gasteiger partial charge in [-0.05, 0) is 68.8 Å². The third kappa shape index (κ3) is 4.42. The van der Waals surface area contributed by atoms with Crippen LogP contribution in [0.5, 0.6) is 11.5 Å². The van der Waals surface area contributed by atoms with Gasteiger partial charge in [0.2, 0.25) is 0 Å². The number of benzene rings is 3. The molecule has 0 radical (unpaired) electrons. The number of hydrogen-bond acceptors (Lipinski definition) is 6. The third-order valence-electron chi connectivity index (χ3n) is 6.87. The number of ketones is 1. The Kier molecular flexibility index (Phi) is 6.61. The fraction of sp³-hybridized carbons (Fsp3) is 0.267. The minimum atomic E-state index is -0.785. The van der Waals surface area contributed by atoms with Crippen LogP contribution in [0.3, 0.4) is 0 Å². The molecule has 1 atom stereocenters. The van der Waals surface area contributed by atoms with Crippen LogP contribution in [0.1, 0.15) is 36.6 Å². The number of ether oxygens (including phenoxy) is 2. The van der Waals surface area contributed by atoms with Crippen LogP contribution in [0, 0.1) is 6.92 Å². The zero-order chi connectivity index (χ0) is 26.1. The first-order chi connectivity index (χ1) is 17.9. The van der Waals surface area contributed by atoms with Crippen molar-refractivity contribution in [2.24, 2.45) is 0 Å². The number of anilines is 2. The second kappa shape index (κ2) is 10.0. The van der Waals surface area contributed by atoms with E-state index in [9.17, 15) is 14.7 Å². The maximum Gasteiger partial charge on any atom is 0.300 e. The molecule has 2 aliphatic heterocycles. The maximum atomic E-state index is 13.5. The van der Waals surface area contributed by atoms with Gasteiger partial charge >= 0.3 is 0 Å². The first kappa shape index (κ1) is 24.4. The molecule has 0 bridgehead atoms. The van der Waals surface area contributed by atoms with E-state index in [-0.39, 0.29) is 11.3 Å². The Morgan fingerprint density at radius 3 is 2.32 bits per heavy atom. The first-order valence-corrected chi connectivity index (χ1v) is 12.6. The van der Waals surface area contributed by atoms with Crippen molar-refractivity contribution in [1.82, 2.24) is 0 Å². The van der Waals surface area contributed by atoms with Gasteiger partial charge in [-0.15, -0.1) is 0 Å². The summed E-state index contributed by atoms with van der Waals surface area (Å²) in [6.07, 6.45) is 0. The van der Waals surface area contributed by atoms with Gasteiger partial charge in [0.05, 0.1) is 11.6 Å². The summed E-state index contributed by atoms with van der Waals surface area (Å²) in [5.41, 5.74) is 3.78. The minimum Gasteiger partial charge on any atom is -0.507 e. The first-order valence-electron chi connectivity index (χ1n) is 12.6. The minimum absolute atomic E-state index is 0.0418. The van der Waals surface area contributed by atoms with Gasteiger partial charge in [0.1, 0.15) is 19.0 Å². The van der Waals surface area contributed by atoms with Gasteiger partial charge in [0.25, 0.3) is 11.7 Å². The standard InChI is InChI=1S/C30H30N2O5/c1-4-31(5-2)22-10-12-23(13-11-22)32-27(20-8-6-7-19(3)17-20)26(29(34)30(32)35)28(33)21-9-14-24-25(18-21)37-16-15-36-24/h6-14,17-18,27,33H,4-5,15-16H2,1-3H3/b28-26-. The Balaban J connectivity index is 1.64. The number of Topliss-reactive ketones (excluding diaryl/α,β-unsaturated/α-hetero) is 1. The number of nitrogens with zero attached hydrogens (tertiary/aromatic N) is 2. The molecule has 5 rings (SSSR count). The largest absolute Gasteiger partial charge is 0.507 e. The van der Waals surface area contributed by atoms with Crippen LogP contribution in [-0.4, -0.2) is 43.1 Å². The zero-order valence-corrected chi connectivity index (χ0v) is 21.2. The highest BCUT2D eigenvalue weighted by molar-refractivity contribution is 6.51. The average molecular weight is 499 g/mol. The van der Waals surface area contributed by atoms with E-state index < -0.39 is 17.7 Å². The molecular weight excluding hydrogens is 468 g/mol. The van der Waals surface area contributed by atoms with E-state index in [1.54, 1.807) is 18.2 Å². The summed E-state index contributed by atoms with van der Waals surface area (Å²) in [4.78, 5) is 30.6. The lowest BCUT2D eigenvalue weighted by atomic mass is 9.94. The number of aliphatic hydroxyl groups is 1. The van der Waals surface area contributed by atoms with Crippen LogP contribution >= 0.6 is 0 Å². The molecule has 7 heteroatoms. The highest BCUT2D eigenvalue weighted by Gasteiger charge is 2.47. The Morgan fingerprint density at radius 1 is 0.946 bits per heavy atom. The average Bonchev–Trinajstić information content (AvgIpc) is 3.19. The summed E-state index contributed by atoms with van der Waals surface area (Å²) in [7, 11) is 0. The molecule has 1 N–H and O–H groups in total. The molecule has 37 heavy (non-hydrogen) atoms. The smallest absolute Gasteiger partial charge is 0.300 e. The number of hydrogen-bond donors (Lipinski definition) is 1. The lowest BCUT2D eigenvalue weighted by Gasteiger charge is -2.27. The second-order valence-electron chi connectivity index (χ2n) is 9.13. The lowest BCUT2D eigenvalue weighted by molar-refractivity contribution is -0.132. The second-order valence-corrected chi connectivity index (χ2v) is 9.13.